The van der Waals surface area contributed by atoms with Crippen LogP contribution in [0.3, 0.4) is 0 Å². The highest BCUT2D eigenvalue weighted by atomic mass is 16.6. The maximum atomic E-state index is 11.9. The van der Waals surface area contributed by atoms with Crippen LogP contribution < -0.4 is 5.43 Å². The van der Waals surface area contributed by atoms with Crippen molar-refractivity contribution in [3.8, 4) is 0 Å². The number of hydrogen-bond acceptors (Lipinski definition) is 5. The predicted octanol–water partition coefficient (Wildman–Crippen LogP) is 2.12. The van der Waals surface area contributed by atoms with Gasteiger partial charge in [0.1, 0.15) is 17.9 Å². The van der Waals surface area contributed by atoms with Gasteiger partial charge in [-0.15, -0.1) is 0 Å². The third-order valence-electron chi connectivity index (χ3n) is 3.61. The number of benzene rings is 1. The third-order valence-corrected chi connectivity index (χ3v) is 3.61. The van der Waals surface area contributed by atoms with Crippen LogP contribution in [0.5, 0.6) is 0 Å². The number of nitro groups is 1. The molecule has 0 radical (unpaired) electrons. The summed E-state index contributed by atoms with van der Waals surface area (Å²) >= 11 is 0. The molecule has 0 aliphatic heterocycles. The zero-order valence-electron chi connectivity index (χ0n) is 13.8. The number of rotatable bonds is 6. The third kappa shape index (κ3) is 4.03. The molecule has 1 N–H and O–H groups in total. The number of nitrogens with zero attached hydrogens (tertiary/aromatic N) is 4. The Morgan fingerprint density at radius 1 is 1.38 bits per heavy atom. The highest BCUT2D eigenvalue weighted by Crippen LogP contribution is 2.21. The number of aromatic nitrogens is 2. The molecule has 0 atom stereocenters. The van der Waals surface area contributed by atoms with Crippen molar-refractivity contribution >= 4 is 17.8 Å². The fraction of sp³-hybridized carbons (Fsp3) is 0.312. The minimum Gasteiger partial charge on any atom is -0.271 e. The van der Waals surface area contributed by atoms with Gasteiger partial charge in [0, 0.05) is 0 Å². The molecule has 8 heteroatoms. The summed E-state index contributed by atoms with van der Waals surface area (Å²) in [6, 6.07) is 7.83. The van der Waals surface area contributed by atoms with Crippen molar-refractivity contribution in [3.05, 3.63) is 56.9 Å². The first kappa shape index (κ1) is 17.3. The van der Waals surface area contributed by atoms with Gasteiger partial charge in [0.25, 0.3) is 5.91 Å². The van der Waals surface area contributed by atoms with Crippen LogP contribution in [0.4, 0.5) is 5.69 Å². The molecule has 24 heavy (non-hydrogen) atoms. The molecule has 2 rings (SSSR count). The Morgan fingerprint density at radius 2 is 2.04 bits per heavy atom. The number of carbonyl (C=O) groups excluding carboxylic acids is 1. The second kappa shape index (κ2) is 7.49. The molecule has 0 fully saturated rings. The predicted molar refractivity (Wildman–Crippen MR) is 89.9 cm³/mol. The highest BCUT2D eigenvalue weighted by molar-refractivity contribution is 5.82. The molecule has 0 aliphatic rings. The van der Waals surface area contributed by atoms with Gasteiger partial charge in [0.15, 0.2) is 0 Å². The maximum Gasteiger partial charge on any atom is 0.312 e. The lowest BCUT2D eigenvalue weighted by Crippen LogP contribution is -2.24. The summed E-state index contributed by atoms with van der Waals surface area (Å²) in [6.45, 7) is 5.04. The Morgan fingerprint density at radius 3 is 2.58 bits per heavy atom. The fourth-order valence-corrected chi connectivity index (χ4v) is 2.30. The van der Waals surface area contributed by atoms with Crippen LogP contribution >= 0.6 is 0 Å². The first-order valence-corrected chi connectivity index (χ1v) is 7.51. The molecule has 0 aliphatic carbocycles. The lowest BCUT2D eigenvalue weighted by molar-refractivity contribution is -0.386. The summed E-state index contributed by atoms with van der Waals surface area (Å²) in [5.41, 5.74) is 5.04. The van der Waals surface area contributed by atoms with Gasteiger partial charge in [0.2, 0.25) is 0 Å². The number of amides is 1. The van der Waals surface area contributed by atoms with Gasteiger partial charge in [-0.1, -0.05) is 31.2 Å². The first-order chi connectivity index (χ1) is 11.4. The van der Waals surface area contributed by atoms with Gasteiger partial charge in [0.05, 0.1) is 11.1 Å². The standard InChI is InChI=1S/C16H19N5O3/c1-4-13-5-7-14(8-6-13)9-17-18-15(22)10-20-12(3)16(21(23)24)11(2)19-20/h5-9H,4,10H2,1-3H3,(H,18,22). The summed E-state index contributed by atoms with van der Waals surface area (Å²) in [7, 11) is 0. The van der Waals surface area contributed by atoms with Gasteiger partial charge in [-0.05, 0) is 31.4 Å². The van der Waals surface area contributed by atoms with Crippen molar-refractivity contribution in [1.82, 2.24) is 15.2 Å². The molecule has 0 bridgehead atoms. The molecule has 0 unspecified atom stereocenters. The molecule has 0 saturated carbocycles. The van der Waals surface area contributed by atoms with Gasteiger partial charge >= 0.3 is 5.69 Å². The summed E-state index contributed by atoms with van der Waals surface area (Å²) in [4.78, 5) is 22.3. The van der Waals surface area contributed by atoms with Crippen LogP contribution in [0.15, 0.2) is 29.4 Å². The topological polar surface area (TPSA) is 102 Å². The first-order valence-electron chi connectivity index (χ1n) is 7.51. The molecule has 0 spiro atoms. The van der Waals surface area contributed by atoms with E-state index < -0.39 is 10.8 Å². The van der Waals surface area contributed by atoms with E-state index in [1.165, 1.54) is 17.2 Å². The van der Waals surface area contributed by atoms with Crippen molar-refractivity contribution in [1.29, 1.82) is 0 Å². The van der Waals surface area contributed by atoms with E-state index >= 15 is 0 Å². The van der Waals surface area contributed by atoms with E-state index in [0.29, 0.717) is 5.69 Å². The SMILES string of the molecule is CCc1ccc(C=NNC(=O)Cn2nc(C)c([N+](=O)[O-])c2C)cc1. The Hall–Kier alpha value is -3.03. The monoisotopic (exact) mass is 329 g/mol. The summed E-state index contributed by atoms with van der Waals surface area (Å²) in [6.07, 6.45) is 2.50. The number of hydrazone groups is 1. The number of nitrogens with one attached hydrogen (secondary N) is 1. The van der Waals surface area contributed by atoms with Crippen LogP contribution in [0.2, 0.25) is 0 Å². The van der Waals surface area contributed by atoms with E-state index in [-0.39, 0.29) is 17.9 Å². The van der Waals surface area contributed by atoms with Gasteiger partial charge < -0.3 is 0 Å². The normalized spacial score (nSPS) is 11.0. The molecule has 0 saturated heterocycles. The molecule has 1 aromatic heterocycles. The maximum absolute atomic E-state index is 11.9. The summed E-state index contributed by atoms with van der Waals surface area (Å²) < 4.78 is 1.30. The van der Waals surface area contributed by atoms with E-state index in [1.54, 1.807) is 13.1 Å². The fourth-order valence-electron chi connectivity index (χ4n) is 2.30. The molecule has 2 aromatic rings. The van der Waals surface area contributed by atoms with E-state index in [4.69, 9.17) is 0 Å². The van der Waals surface area contributed by atoms with Crippen molar-refractivity contribution in [3.63, 3.8) is 0 Å². The molecule has 1 heterocycles. The summed E-state index contributed by atoms with van der Waals surface area (Å²) in [5.74, 6) is -0.406. The zero-order valence-corrected chi connectivity index (χ0v) is 13.8. The van der Waals surface area contributed by atoms with Gasteiger partial charge in [-0.2, -0.15) is 10.2 Å². The van der Waals surface area contributed by atoms with Crippen LogP contribution in [-0.4, -0.2) is 26.8 Å². The Labute approximate surface area is 139 Å². The molecule has 126 valence electrons. The van der Waals surface area contributed by atoms with E-state index in [2.05, 4.69) is 22.5 Å². The Kier molecular flexibility index (Phi) is 5.41. The van der Waals surface area contributed by atoms with Crippen LogP contribution in [0, 0.1) is 24.0 Å². The second-order valence-corrected chi connectivity index (χ2v) is 5.32. The lowest BCUT2D eigenvalue weighted by Gasteiger charge is -2.02. The van der Waals surface area contributed by atoms with Gasteiger partial charge in [-0.3, -0.25) is 19.6 Å². The Bertz CT molecular complexity index is 778. The minimum atomic E-state index is -0.496. The van der Waals surface area contributed by atoms with Crippen molar-refractivity contribution in [2.45, 2.75) is 33.7 Å². The van der Waals surface area contributed by atoms with Gasteiger partial charge in [-0.25, -0.2) is 5.43 Å². The average molecular weight is 329 g/mol. The smallest absolute Gasteiger partial charge is 0.271 e. The molecule has 8 nitrogen and oxygen atoms in total. The highest BCUT2D eigenvalue weighted by Gasteiger charge is 2.22. The van der Waals surface area contributed by atoms with Crippen LogP contribution in [-0.2, 0) is 17.8 Å². The van der Waals surface area contributed by atoms with Crippen LogP contribution in [0.1, 0.15) is 29.4 Å². The zero-order chi connectivity index (χ0) is 17.7. The Balaban J connectivity index is 1.97. The number of hydrogen-bond donors (Lipinski definition) is 1. The molecular formula is C16H19N5O3. The minimum absolute atomic E-state index is 0.0673. The quantitative estimate of drug-likeness (QED) is 0.498. The second-order valence-electron chi connectivity index (χ2n) is 5.32. The largest absolute Gasteiger partial charge is 0.312 e. The average Bonchev–Trinajstić information content (AvgIpc) is 2.82. The van der Waals surface area contributed by atoms with Crippen molar-refractivity contribution < 1.29 is 9.72 Å². The number of carbonyl (C=O) groups is 1. The molecule has 1 amide bonds. The summed E-state index contributed by atoms with van der Waals surface area (Å²) in [5, 5.41) is 18.9. The van der Waals surface area contributed by atoms with E-state index in [0.717, 1.165) is 12.0 Å². The van der Waals surface area contributed by atoms with E-state index in [9.17, 15) is 14.9 Å². The van der Waals surface area contributed by atoms with Crippen molar-refractivity contribution in [2.24, 2.45) is 5.10 Å². The van der Waals surface area contributed by atoms with E-state index in [1.807, 2.05) is 24.3 Å². The lowest BCUT2D eigenvalue weighted by atomic mass is 10.1. The number of aryl methyl sites for hydroxylation is 2. The van der Waals surface area contributed by atoms with Crippen LogP contribution in [0.25, 0.3) is 0 Å². The molecular weight excluding hydrogens is 310 g/mol. The molecule has 1 aromatic carbocycles. The van der Waals surface area contributed by atoms with Crippen molar-refractivity contribution in [2.75, 3.05) is 0 Å².